The maximum absolute atomic E-state index is 12.1. The molecule has 0 unspecified atom stereocenters. The predicted octanol–water partition coefficient (Wildman–Crippen LogP) is 1.16. The molecule has 2 heterocycles. The lowest BCUT2D eigenvalue weighted by atomic mass is 9.99. The molecular weight excluding hydrogens is 266 g/mol. The minimum atomic E-state index is 0.0813. The number of nitrogens with one attached hydrogen (secondary N) is 2. The van der Waals surface area contributed by atoms with Crippen molar-refractivity contribution < 1.29 is 4.79 Å². The van der Waals surface area contributed by atoms with Crippen LogP contribution in [0, 0.1) is 5.92 Å². The normalized spacial score (nSPS) is 18.9. The molecule has 0 aliphatic carbocycles. The van der Waals surface area contributed by atoms with Crippen LogP contribution in [0.15, 0.2) is 12.4 Å². The van der Waals surface area contributed by atoms with Crippen LogP contribution in [-0.4, -0.2) is 53.3 Å². The van der Waals surface area contributed by atoms with Crippen molar-refractivity contribution in [1.82, 2.24) is 20.0 Å². The van der Waals surface area contributed by atoms with E-state index < -0.39 is 0 Å². The van der Waals surface area contributed by atoms with E-state index in [0.717, 1.165) is 57.8 Å². The van der Waals surface area contributed by atoms with Crippen LogP contribution in [0.1, 0.15) is 26.7 Å². The molecule has 6 nitrogen and oxygen atoms in total. The number of rotatable bonds is 7. The molecule has 1 amide bonds. The highest BCUT2D eigenvalue weighted by molar-refractivity contribution is 5.92. The highest BCUT2D eigenvalue weighted by Gasteiger charge is 2.21. The summed E-state index contributed by atoms with van der Waals surface area (Å²) in [6, 6.07) is 0. The van der Waals surface area contributed by atoms with Crippen molar-refractivity contribution in [3.8, 4) is 0 Å². The van der Waals surface area contributed by atoms with E-state index in [2.05, 4.69) is 34.5 Å². The van der Waals surface area contributed by atoms with Crippen LogP contribution in [-0.2, 0) is 11.3 Å². The number of nitrogens with zero attached hydrogens (tertiary/aromatic N) is 3. The van der Waals surface area contributed by atoms with Gasteiger partial charge in [-0.1, -0.05) is 13.8 Å². The van der Waals surface area contributed by atoms with Gasteiger partial charge >= 0.3 is 0 Å². The lowest BCUT2D eigenvalue weighted by Gasteiger charge is -2.21. The van der Waals surface area contributed by atoms with E-state index >= 15 is 0 Å². The van der Waals surface area contributed by atoms with Crippen LogP contribution in [0.2, 0.25) is 0 Å². The molecule has 1 aromatic rings. The Morgan fingerprint density at radius 3 is 3.00 bits per heavy atom. The molecule has 1 aliphatic rings. The molecule has 0 bridgehead atoms. The van der Waals surface area contributed by atoms with Gasteiger partial charge in [0.05, 0.1) is 24.3 Å². The second kappa shape index (κ2) is 8.14. The van der Waals surface area contributed by atoms with Crippen LogP contribution in [0.3, 0.4) is 0 Å². The summed E-state index contributed by atoms with van der Waals surface area (Å²) in [6.07, 6.45) is 5.68. The quantitative estimate of drug-likeness (QED) is 0.792. The minimum Gasteiger partial charge on any atom is -0.323 e. The van der Waals surface area contributed by atoms with Crippen LogP contribution >= 0.6 is 0 Å². The topological polar surface area (TPSA) is 62.2 Å². The monoisotopic (exact) mass is 293 g/mol. The van der Waals surface area contributed by atoms with Crippen molar-refractivity contribution >= 4 is 11.6 Å². The van der Waals surface area contributed by atoms with Gasteiger partial charge in [0.25, 0.3) is 0 Å². The van der Waals surface area contributed by atoms with Gasteiger partial charge in [-0.05, 0) is 32.5 Å². The third kappa shape index (κ3) is 4.82. The smallest absolute Gasteiger partial charge is 0.228 e. The van der Waals surface area contributed by atoms with E-state index in [1.807, 2.05) is 10.9 Å². The van der Waals surface area contributed by atoms with E-state index in [9.17, 15) is 4.79 Å². The van der Waals surface area contributed by atoms with E-state index in [-0.39, 0.29) is 11.8 Å². The minimum absolute atomic E-state index is 0.0813. The summed E-state index contributed by atoms with van der Waals surface area (Å²) in [7, 11) is 0. The van der Waals surface area contributed by atoms with Gasteiger partial charge < -0.3 is 15.5 Å². The van der Waals surface area contributed by atoms with Crippen molar-refractivity contribution in [1.29, 1.82) is 0 Å². The zero-order valence-corrected chi connectivity index (χ0v) is 13.1. The number of amides is 1. The van der Waals surface area contributed by atoms with Crippen molar-refractivity contribution in [2.45, 2.75) is 33.2 Å². The maximum atomic E-state index is 12.1. The first-order chi connectivity index (χ1) is 10.2. The lowest BCUT2D eigenvalue weighted by molar-refractivity contribution is -0.120. The molecule has 1 aliphatic heterocycles. The Kier molecular flexibility index (Phi) is 6.20. The Morgan fingerprint density at radius 2 is 2.33 bits per heavy atom. The molecule has 0 aromatic carbocycles. The Bertz CT molecular complexity index is 435. The highest BCUT2D eigenvalue weighted by atomic mass is 16.1. The first-order valence-electron chi connectivity index (χ1n) is 7.99. The summed E-state index contributed by atoms with van der Waals surface area (Å²) in [4.78, 5) is 14.5. The first-order valence-corrected chi connectivity index (χ1v) is 7.99. The molecule has 0 radical (unpaired) electrons. The van der Waals surface area contributed by atoms with Gasteiger partial charge in [-0.25, -0.2) is 0 Å². The average Bonchev–Trinajstić information content (AvgIpc) is 2.96. The first kappa shape index (κ1) is 16.0. The number of anilines is 1. The number of hydrogen-bond acceptors (Lipinski definition) is 4. The number of carbonyl (C=O) groups is 1. The van der Waals surface area contributed by atoms with Crippen molar-refractivity contribution in [2.24, 2.45) is 5.92 Å². The summed E-state index contributed by atoms with van der Waals surface area (Å²) < 4.78 is 1.90. The number of aromatic nitrogens is 2. The second-order valence-electron chi connectivity index (χ2n) is 5.55. The molecular formula is C15H27N5O. The molecule has 6 heteroatoms. The predicted molar refractivity (Wildman–Crippen MR) is 84.2 cm³/mol. The van der Waals surface area contributed by atoms with Gasteiger partial charge in [0.1, 0.15) is 0 Å². The third-order valence-electron chi connectivity index (χ3n) is 4.11. The Labute approximate surface area is 126 Å². The van der Waals surface area contributed by atoms with E-state index in [4.69, 9.17) is 0 Å². The Balaban J connectivity index is 1.80. The number of likely N-dealkylation sites (N-methyl/N-ethyl adjacent to an activating group) is 1. The summed E-state index contributed by atoms with van der Waals surface area (Å²) in [6.45, 7) is 10.1. The average molecular weight is 293 g/mol. The Morgan fingerprint density at radius 1 is 1.52 bits per heavy atom. The SMILES string of the molecule is CCN(CC)CCn1cc(NC(=O)[C@H]2CCCNC2)cn1. The second-order valence-corrected chi connectivity index (χ2v) is 5.55. The van der Waals surface area contributed by atoms with Crippen molar-refractivity contribution in [3.05, 3.63) is 12.4 Å². The molecule has 1 atom stereocenters. The fraction of sp³-hybridized carbons (Fsp3) is 0.733. The molecule has 21 heavy (non-hydrogen) atoms. The fourth-order valence-electron chi connectivity index (χ4n) is 2.65. The third-order valence-corrected chi connectivity index (χ3v) is 4.11. The largest absolute Gasteiger partial charge is 0.323 e. The summed E-state index contributed by atoms with van der Waals surface area (Å²) in [5.74, 6) is 0.184. The lowest BCUT2D eigenvalue weighted by Crippen LogP contribution is -2.37. The Hall–Kier alpha value is -1.40. The number of carbonyl (C=O) groups excluding carboxylic acids is 1. The van der Waals surface area contributed by atoms with Gasteiger partial charge in [0.15, 0.2) is 0 Å². The van der Waals surface area contributed by atoms with Crippen molar-refractivity contribution in [2.75, 3.05) is 38.0 Å². The van der Waals surface area contributed by atoms with E-state index in [0.29, 0.717) is 0 Å². The van der Waals surface area contributed by atoms with Crippen LogP contribution in [0.4, 0.5) is 5.69 Å². The molecule has 0 saturated carbocycles. The summed E-state index contributed by atoms with van der Waals surface area (Å²) in [5, 5.41) is 10.6. The number of piperidine rings is 1. The van der Waals surface area contributed by atoms with Crippen molar-refractivity contribution in [3.63, 3.8) is 0 Å². The molecule has 0 spiro atoms. The van der Waals surface area contributed by atoms with Gasteiger partial charge in [-0.2, -0.15) is 5.10 Å². The zero-order chi connectivity index (χ0) is 15.1. The van der Waals surface area contributed by atoms with Crippen LogP contribution in [0.5, 0.6) is 0 Å². The summed E-state index contributed by atoms with van der Waals surface area (Å²) in [5.41, 5.74) is 0.796. The number of hydrogen-bond donors (Lipinski definition) is 2. The molecule has 1 fully saturated rings. The molecule has 1 saturated heterocycles. The van der Waals surface area contributed by atoms with Gasteiger partial charge in [0, 0.05) is 19.3 Å². The summed E-state index contributed by atoms with van der Waals surface area (Å²) >= 11 is 0. The maximum Gasteiger partial charge on any atom is 0.228 e. The van der Waals surface area contributed by atoms with E-state index in [1.165, 1.54) is 0 Å². The highest BCUT2D eigenvalue weighted by Crippen LogP contribution is 2.13. The molecule has 1 aromatic heterocycles. The molecule has 2 rings (SSSR count). The van der Waals surface area contributed by atoms with Gasteiger partial charge in [-0.3, -0.25) is 9.48 Å². The molecule has 2 N–H and O–H groups in total. The van der Waals surface area contributed by atoms with Gasteiger partial charge in [-0.15, -0.1) is 0 Å². The van der Waals surface area contributed by atoms with E-state index in [1.54, 1.807) is 6.20 Å². The zero-order valence-electron chi connectivity index (χ0n) is 13.1. The van der Waals surface area contributed by atoms with Crippen LogP contribution < -0.4 is 10.6 Å². The van der Waals surface area contributed by atoms with Crippen LogP contribution in [0.25, 0.3) is 0 Å². The fourth-order valence-corrected chi connectivity index (χ4v) is 2.65. The standard InChI is InChI=1S/C15H27N5O/c1-3-19(4-2)8-9-20-12-14(11-17-20)18-15(21)13-6-5-7-16-10-13/h11-13,16H,3-10H2,1-2H3,(H,18,21)/t13-/m0/s1. The molecule has 118 valence electrons. The van der Waals surface area contributed by atoms with Gasteiger partial charge in [0.2, 0.25) is 5.91 Å².